The number of rotatable bonds is 6. The number of anilines is 1. The van der Waals surface area contributed by atoms with Gasteiger partial charge in [0, 0.05) is 12.7 Å². The Labute approximate surface area is 182 Å². The van der Waals surface area contributed by atoms with Crippen LogP contribution in [0.4, 0.5) is 5.82 Å². The van der Waals surface area contributed by atoms with Gasteiger partial charge in [-0.2, -0.15) is 0 Å². The number of hydrogen-bond acceptors (Lipinski definition) is 6. The van der Waals surface area contributed by atoms with E-state index in [0.29, 0.717) is 39.3 Å². The van der Waals surface area contributed by atoms with E-state index in [0.717, 1.165) is 5.56 Å². The zero-order valence-corrected chi connectivity index (χ0v) is 17.6. The van der Waals surface area contributed by atoms with Crippen molar-refractivity contribution in [2.24, 2.45) is 0 Å². The minimum atomic E-state index is -0.263. The minimum absolute atomic E-state index is 0.221. The summed E-state index contributed by atoms with van der Waals surface area (Å²) in [5.74, 6) is 0.181. The van der Waals surface area contributed by atoms with Gasteiger partial charge in [-0.25, -0.2) is 4.98 Å². The fraction of sp³-hybridized carbons (Fsp3) is 0.0909. The number of thioether (sulfide) groups is 1. The summed E-state index contributed by atoms with van der Waals surface area (Å²) in [6.07, 6.45) is 4.90. The molecular weight excluding hydrogens is 416 g/mol. The molecule has 0 radical (unpaired) electrons. The van der Waals surface area contributed by atoms with Gasteiger partial charge in [0.1, 0.15) is 15.8 Å². The number of carbonyl (C=O) groups is 1. The first-order chi connectivity index (χ1) is 14.6. The molecule has 3 heterocycles. The third-order valence-corrected chi connectivity index (χ3v) is 5.89. The van der Waals surface area contributed by atoms with E-state index in [1.165, 1.54) is 16.2 Å². The summed E-state index contributed by atoms with van der Waals surface area (Å²) in [6, 6.07) is 15.0. The SMILES string of the molecule is C=CCNc1nc2ccccn2c(=O)c1/C=C1/SC(=S)N(Cc2ccccc2)C1=O. The standard InChI is InChI=1S/C22H18N4O2S2/c1-2-11-23-19-16(20(27)25-12-7-6-10-18(25)24-19)13-17-21(28)26(22(29)30-17)14-15-8-4-3-5-9-15/h2-10,12-13,23H,1,11,14H2/b17-13+. The van der Waals surface area contributed by atoms with Gasteiger partial charge in [0.15, 0.2) is 0 Å². The summed E-state index contributed by atoms with van der Waals surface area (Å²) in [4.78, 5) is 32.6. The Morgan fingerprint density at radius 2 is 1.90 bits per heavy atom. The van der Waals surface area contributed by atoms with Crippen LogP contribution in [-0.4, -0.2) is 31.1 Å². The van der Waals surface area contributed by atoms with Crippen LogP contribution in [0.1, 0.15) is 11.1 Å². The number of nitrogens with zero attached hydrogens (tertiary/aromatic N) is 3. The van der Waals surface area contributed by atoms with Gasteiger partial charge in [-0.1, -0.05) is 66.5 Å². The largest absolute Gasteiger partial charge is 0.366 e. The van der Waals surface area contributed by atoms with Gasteiger partial charge in [0.2, 0.25) is 0 Å². The van der Waals surface area contributed by atoms with Crippen molar-refractivity contribution in [3.8, 4) is 0 Å². The first-order valence-corrected chi connectivity index (χ1v) is 10.5. The quantitative estimate of drug-likeness (QED) is 0.363. The van der Waals surface area contributed by atoms with Crippen LogP contribution in [0, 0.1) is 0 Å². The topological polar surface area (TPSA) is 66.7 Å². The van der Waals surface area contributed by atoms with Gasteiger partial charge in [-0.15, -0.1) is 6.58 Å². The summed E-state index contributed by atoms with van der Waals surface area (Å²) in [5.41, 5.74) is 1.54. The highest BCUT2D eigenvalue weighted by atomic mass is 32.2. The highest BCUT2D eigenvalue weighted by molar-refractivity contribution is 8.26. The molecule has 4 rings (SSSR count). The lowest BCUT2D eigenvalue weighted by Gasteiger charge is -2.14. The molecule has 0 saturated carbocycles. The van der Waals surface area contributed by atoms with Crippen molar-refractivity contribution >= 4 is 51.7 Å². The van der Waals surface area contributed by atoms with Crippen molar-refractivity contribution in [1.82, 2.24) is 14.3 Å². The molecule has 1 aliphatic rings. The molecule has 0 aliphatic carbocycles. The predicted octanol–water partition coefficient (Wildman–Crippen LogP) is 3.69. The highest BCUT2D eigenvalue weighted by Crippen LogP contribution is 2.34. The molecule has 30 heavy (non-hydrogen) atoms. The van der Waals surface area contributed by atoms with Crippen molar-refractivity contribution in [3.63, 3.8) is 0 Å². The van der Waals surface area contributed by atoms with Gasteiger partial charge < -0.3 is 5.32 Å². The molecule has 2 aromatic heterocycles. The van der Waals surface area contributed by atoms with E-state index in [1.807, 2.05) is 36.4 Å². The summed E-state index contributed by atoms with van der Waals surface area (Å²) in [7, 11) is 0. The lowest BCUT2D eigenvalue weighted by atomic mass is 10.2. The Morgan fingerprint density at radius 3 is 2.67 bits per heavy atom. The van der Waals surface area contributed by atoms with Crippen molar-refractivity contribution in [1.29, 1.82) is 0 Å². The van der Waals surface area contributed by atoms with E-state index in [1.54, 1.807) is 35.4 Å². The van der Waals surface area contributed by atoms with Crippen LogP contribution >= 0.6 is 24.0 Å². The number of carbonyl (C=O) groups excluding carboxylic acids is 1. The van der Waals surface area contributed by atoms with Crippen molar-refractivity contribution < 1.29 is 4.79 Å². The molecule has 1 aliphatic heterocycles. The van der Waals surface area contributed by atoms with Crippen molar-refractivity contribution in [2.75, 3.05) is 11.9 Å². The Hall–Kier alpha value is -3.23. The number of benzene rings is 1. The maximum absolute atomic E-state index is 13.1. The molecule has 150 valence electrons. The van der Waals surface area contributed by atoms with Crippen molar-refractivity contribution in [2.45, 2.75) is 6.54 Å². The maximum atomic E-state index is 13.1. The highest BCUT2D eigenvalue weighted by Gasteiger charge is 2.32. The fourth-order valence-electron chi connectivity index (χ4n) is 3.07. The summed E-state index contributed by atoms with van der Waals surface area (Å²) in [5, 5.41) is 3.09. The zero-order chi connectivity index (χ0) is 21.1. The molecule has 1 fully saturated rings. The van der Waals surface area contributed by atoms with Crippen LogP contribution in [0.15, 0.2) is 77.1 Å². The molecule has 6 nitrogen and oxygen atoms in total. The van der Waals surface area contributed by atoms with Crippen molar-refractivity contribution in [3.05, 3.63) is 93.8 Å². The summed E-state index contributed by atoms with van der Waals surface area (Å²) < 4.78 is 1.92. The van der Waals surface area contributed by atoms with E-state index in [9.17, 15) is 9.59 Å². The molecule has 0 spiro atoms. The predicted molar refractivity (Wildman–Crippen MR) is 125 cm³/mol. The minimum Gasteiger partial charge on any atom is -0.366 e. The van der Waals surface area contributed by atoms with E-state index < -0.39 is 0 Å². The molecule has 1 amide bonds. The van der Waals surface area contributed by atoms with E-state index in [4.69, 9.17) is 12.2 Å². The van der Waals surface area contributed by atoms with Gasteiger partial charge in [-0.05, 0) is 23.8 Å². The number of aromatic nitrogens is 2. The number of thiocarbonyl (C=S) groups is 1. The van der Waals surface area contributed by atoms with Crippen LogP contribution < -0.4 is 10.9 Å². The molecule has 8 heteroatoms. The third kappa shape index (κ3) is 3.92. The van der Waals surface area contributed by atoms with E-state index >= 15 is 0 Å². The van der Waals surface area contributed by atoms with E-state index in [2.05, 4.69) is 16.9 Å². The molecule has 1 aromatic carbocycles. The Kier molecular flexibility index (Phi) is 5.78. The Morgan fingerprint density at radius 1 is 1.13 bits per heavy atom. The van der Waals surface area contributed by atoms with Crippen LogP contribution in [0.2, 0.25) is 0 Å². The number of fused-ring (bicyclic) bond motifs is 1. The second-order valence-electron chi connectivity index (χ2n) is 6.53. The normalized spacial score (nSPS) is 15.2. The second-order valence-corrected chi connectivity index (χ2v) is 8.21. The number of hydrogen-bond donors (Lipinski definition) is 1. The summed E-state index contributed by atoms with van der Waals surface area (Å²) >= 11 is 6.61. The molecule has 0 bridgehead atoms. The van der Waals surface area contributed by atoms with Crippen LogP contribution in [0.25, 0.3) is 11.7 Å². The van der Waals surface area contributed by atoms with Gasteiger partial charge in [0.05, 0.1) is 17.0 Å². The third-order valence-electron chi connectivity index (χ3n) is 4.52. The molecule has 1 saturated heterocycles. The van der Waals surface area contributed by atoms with Gasteiger partial charge >= 0.3 is 0 Å². The maximum Gasteiger partial charge on any atom is 0.267 e. The molecule has 3 aromatic rings. The molecule has 1 N–H and O–H groups in total. The lowest BCUT2D eigenvalue weighted by molar-refractivity contribution is -0.122. The molecule has 0 unspecified atom stereocenters. The molecule has 0 atom stereocenters. The lowest BCUT2D eigenvalue weighted by Crippen LogP contribution is -2.27. The van der Waals surface area contributed by atoms with Gasteiger partial charge in [0.25, 0.3) is 11.5 Å². The van der Waals surface area contributed by atoms with Crippen LogP contribution in [0.5, 0.6) is 0 Å². The Bertz CT molecular complexity index is 1230. The van der Waals surface area contributed by atoms with Crippen LogP contribution in [-0.2, 0) is 11.3 Å². The first kappa shape index (κ1) is 20.1. The number of pyridine rings is 1. The monoisotopic (exact) mass is 434 g/mol. The Balaban J connectivity index is 1.74. The average molecular weight is 435 g/mol. The number of amides is 1. The fourth-order valence-corrected chi connectivity index (χ4v) is 4.31. The second kappa shape index (κ2) is 8.64. The number of nitrogens with one attached hydrogen (secondary N) is 1. The van der Waals surface area contributed by atoms with Gasteiger partial charge in [-0.3, -0.25) is 18.9 Å². The summed E-state index contributed by atoms with van der Waals surface area (Å²) in [6.45, 7) is 4.52. The smallest absolute Gasteiger partial charge is 0.267 e. The average Bonchev–Trinajstić information content (AvgIpc) is 3.02. The zero-order valence-electron chi connectivity index (χ0n) is 15.9. The van der Waals surface area contributed by atoms with Crippen LogP contribution in [0.3, 0.4) is 0 Å². The first-order valence-electron chi connectivity index (χ1n) is 9.24. The van der Waals surface area contributed by atoms with E-state index in [-0.39, 0.29) is 11.5 Å². The molecular formula is C22H18N4O2S2.